The number of non-ortho nitro benzene ring substituents is 1. The molecule has 9 nitrogen and oxygen atoms in total. The molecule has 0 unspecified atom stereocenters. The zero-order chi connectivity index (χ0) is 23.8. The molecule has 33 heavy (non-hydrogen) atoms. The van der Waals surface area contributed by atoms with Crippen molar-refractivity contribution in [2.75, 3.05) is 17.7 Å². The lowest BCUT2D eigenvalue weighted by Gasteiger charge is -2.10. The van der Waals surface area contributed by atoms with E-state index in [0.717, 1.165) is 23.6 Å². The Morgan fingerprint density at radius 3 is 2.82 bits per heavy atom. The number of anilines is 1. The largest absolute Gasteiger partial charge is 0.493 e. The molecule has 0 atom stereocenters. The fraction of sp³-hybridized carbons (Fsp3) is 0.318. The molecule has 1 N–H and O–H groups in total. The maximum atomic E-state index is 12.3. The minimum Gasteiger partial charge on any atom is -0.493 e. The third-order valence-corrected chi connectivity index (χ3v) is 5.92. The van der Waals surface area contributed by atoms with Crippen LogP contribution in [0.2, 0.25) is 5.02 Å². The molecule has 0 aliphatic rings. The number of nitro benzene ring substituents is 1. The average molecular weight is 490 g/mol. The molecule has 0 saturated heterocycles. The van der Waals surface area contributed by atoms with E-state index in [-0.39, 0.29) is 17.3 Å². The Hall–Kier alpha value is -3.11. The second-order valence-electron chi connectivity index (χ2n) is 7.15. The minimum atomic E-state index is -0.503. The molecule has 2 aromatic carbocycles. The number of carbonyl (C=O) groups is 1. The van der Waals surface area contributed by atoms with E-state index < -0.39 is 4.92 Å². The van der Waals surface area contributed by atoms with Gasteiger partial charge in [-0.15, -0.1) is 10.2 Å². The summed E-state index contributed by atoms with van der Waals surface area (Å²) in [4.78, 5) is 22.7. The lowest BCUT2D eigenvalue weighted by molar-refractivity contribution is -0.384. The predicted molar refractivity (Wildman–Crippen MR) is 128 cm³/mol. The van der Waals surface area contributed by atoms with E-state index in [1.165, 1.54) is 30.0 Å². The Bertz CT molecular complexity index is 1140. The molecule has 0 bridgehead atoms. The van der Waals surface area contributed by atoms with Gasteiger partial charge in [0.15, 0.2) is 5.16 Å². The molecule has 0 saturated carbocycles. The van der Waals surface area contributed by atoms with Crippen LogP contribution in [0, 0.1) is 17.0 Å². The Morgan fingerprint density at radius 2 is 2.09 bits per heavy atom. The monoisotopic (exact) mass is 489 g/mol. The minimum absolute atomic E-state index is 0.0778. The summed E-state index contributed by atoms with van der Waals surface area (Å²) in [5.74, 6) is 1.47. The highest BCUT2D eigenvalue weighted by atomic mass is 35.5. The first-order chi connectivity index (χ1) is 15.9. The topological polar surface area (TPSA) is 112 Å². The number of nitrogens with zero attached hydrogens (tertiary/aromatic N) is 4. The second-order valence-corrected chi connectivity index (χ2v) is 8.53. The number of hydrogen-bond acceptors (Lipinski definition) is 7. The molecular weight excluding hydrogens is 466 g/mol. The molecule has 0 fully saturated rings. The summed E-state index contributed by atoms with van der Waals surface area (Å²) in [5.41, 5.74) is 1.29. The fourth-order valence-electron chi connectivity index (χ4n) is 3.14. The Kier molecular flexibility index (Phi) is 8.67. The van der Waals surface area contributed by atoms with Gasteiger partial charge in [-0.25, -0.2) is 0 Å². The molecule has 3 rings (SSSR count). The highest BCUT2D eigenvalue weighted by Crippen LogP contribution is 2.23. The van der Waals surface area contributed by atoms with E-state index in [1.807, 2.05) is 30.5 Å². The first kappa shape index (κ1) is 24.5. The van der Waals surface area contributed by atoms with Gasteiger partial charge in [-0.05, 0) is 50.1 Å². The van der Waals surface area contributed by atoms with Crippen molar-refractivity contribution in [3.8, 4) is 5.75 Å². The summed E-state index contributed by atoms with van der Waals surface area (Å²) >= 11 is 7.24. The quantitative estimate of drug-likeness (QED) is 0.176. The zero-order valence-electron chi connectivity index (χ0n) is 18.3. The molecule has 0 aliphatic carbocycles. The van der Waals surface area contributed by atoms with Gasteiger partial charge in [0.25, 0.3) is 5.69 Å². The smallest absolute Gasteiger partial charge is 0.271 e. The van der Waals surface area contributed by atoms with Gasteiger partial charge in [0.1, 0.15) is 11.6 Å². The summed E-state index contributed by atoms with van der Waals surface area (Å²) < 4.78 is 7.81. The summed E-state index contributed by atoms with van der Waals surface area (Å²) in [6.07, 6.45) is 1.45. The summed E-state index contributed by atoms with van der Waals surface area (Å²) in [7, 11) is 0. The predicted octanol–water partition coefficient (Wildman–Crippen LogP) is 4.91. The second kappa shape index (κ2) is 11.7. The van der Waals surface area contributed by atoms with Crippen molar-refractivity contribution in [2.45, 2.75) is 38.4 Å². The summed E-state index contributed by atoms with van der Waals surface area (Å²) in [5, 5.41) is 23.4. The fourth-order valence-corrected chi connectivity index (χ4v) is 4.19. The van der Waals surface area contributed by atoms with Crippen LogP contribution in [0.4, 0.5) is 11.4 Å². The number of hydrogen-bond donors (Lipinski definition) is 1. The summed E-state index contributed by atoms with van der Waals surface area (Å²) in [6, 6.07) is 11.4. The van der Waals surface area contributed by atoms with Crippen LogP contribution in [0.15, 0.2) is 47.6 Å². The van der Waals surface area contributed by atoms with Gasteiger partial charge in [-0.3, -0.25) is 14.9 Å². The van der Waals surface area contributed by atoms with E-state index in [2.05, 4.69) is 15.5 Å². The first-order valence-corrected chi connectivity index (χ1v) is 11.7. The number of benzene rings is 2. The SMILES string of the molecule is CCn1c(CCCOc2ccc(Cl)cc2C)nnc1SCC(=O)Nc1cccc([N+](=O)[O-])c1. The van der Waals surface area contributed by atoms with Crippen LogP contribution in [0.1, 0.15) is 24.7 Å². The lowest BCUT2D eigenvalue weighted by atomic mass is 10.2. The van der Waals surface area contributed by atoms with Gasteiger partial charge in [-0.1, -0.05) is 29.4 Å². The van der Waals surface area contributed by atoms with Crippen molar-refractivity contribution in [2.24, 2.45) is 0 Å². The average Bonchev–Trinajstić information content (AvgIpc) is 3.18. The number of nitro groups is 1. The molecule has 1 aromatic heterocycles. The molecule has 0 radical (unpaired) electrons. The van der Waals surface area contributed by atoms with Gasteiger partial charge in [0, 0.05) is 35.8 Å². The number of aromatic nitrogens is 3. The highest BCUT2D eigenvalue weighted by molar-refractivity contribution is 7.99. The van der Waals surface area contributed by atoms with Gasteiger partial charge in [-0.2, -0.15) is 0 Å². The summed E-state index contributed by atoms with van der Waals surface area (Å²) in [6.45, 7) is 5.16. The van der Waals surface area contributed by atoms with Crippen molar-refractivity contribution < 1.29 is 14.5 Å². The molecular formula is C22H24ClN5O4S. The van der Waals surface area contributed by atoms with Crippen LogP contribution < -0.4 is 10.1 Å². The van der Waals surface area contributed by atoms with Crippen LogP contribution in [0.3, 0.4) is 0 Å². The van der Waals surface area contributed by atoms with E-state index in [9.17, 15) is 14.9 Å². The number of amides is 1. The number of halogens is 1. The number of thioether (sulfide) groups is 1. The zero-order valence-corrected chi connectivity index (χ0v) is 19.9. The van der Waals surface area contributed by atoms with E-state index in [1.54, 1.807) is 12.1 Å². The van der Waals surface area contributed by atoms with Crippen molar-refractivity contribution in [3.05, 3.63) is 69.0 Å². The Morgan fingerprint density at radius 1 is 1.27 bits per heavy atom. The third-order valence-electron chi connectivity index (χ3n) is 4.72. The van der Waals surface area contributed by atoms with E-state index in [0.29, 0.717) is 35.4 Å². The van der Waals surface area contributed by atoms with Crippen LogP contribution in [-0.4, -0.2) is 38.0 Å². The maximum absolute atomic E-state index is 12.3. The van der Waals surface area contributed by atoms with Gasteiger partial charge < -0.3 is 14.6 Å². The molecule has 3 aromatic rings. The standard InChI is InChI=1S/C22H24ClN5O4S/c1-3-27-20(8-5-11-32-19-10-9-16(23)12-15(19)2)25-26-22(27)33-14-21(29)24-17-6-4-7-18(13-17)28(30)31/h4,6-7,9-10,12-13H,3,5,8,11,14H2,1-2H3,(H,24,29). The molecule has 174 valence electrons. The van der Waals surface area contributed by atoms with E-state index >= 15 is 0 Å². The molecule has 1 heterocycles. The Balaban J connectivity index is 1.50. The van der Waals surface area contributed by atoms with Crippen molar-refractivity contribution in [1.29, 1.82) is 0 Å². The maximum Gasteiger partial charge on any atom is 0.271 e. The lowest BCUT2D eigenvalue weighted by Crippen LogP contribution is -2.15. The van der Waals surface area contributed by atoms with E-state index in [4.69, 9.17) is 16.3 Å². The van der Waals surface area contributed by atoms with Crippen LogP contribution in [-0.2, 0) is 17.8 Å². The van der Waals surface area contributed by atoms with Crippen LogP contribution in [0.25, 0.3) is 0 Å². The van der Waals surface area contributed by atoms with Crippen molar-refractivity contribution in [3.63, 3.8) is 0 Å². The number of rotatable bonds is 11. The van der Waals surface area contributed by atoms with Crippen LogP contribution in [0.5, 0.6) is 5.75 Å². The van der Waals surface area contributed by atoms with Gasteiger partial charge >= 0.3 is 0 Å². The Labute approximate surface area is 200 Å². The molecule has 1 amide bonds. The number of carbonyl (C=O) groups excluding carboxylic acids is 1. The highest BCUT2D eigenvalue weighted by Gasteiger charge is 2.14. The molecule has 11 heteroatoms. The third kappa shape index (κ3) is 6.93. The van der Waals surface area contributed by atoms with Gasteiger partial charge in [0.2, 0.25) is 5.91 Å². The van der Waals surface area contributed by atoms with Crippen LogP contribution >= 0.6 is 23.4 Å². The first-order valence-electron chi connectivity index (χ1n) is 10.4. The molecule has 0 spiro atoms. The number of aryl methyl sites for hydroxylation is 2. The normalized spacial score (nSPS) is 10.8. The number of ether oxygens (including phenoxy) is 1. The van der Waals surface area contributed by atoms with Crippen molar-refractivity contribution >= 4 is 40.6 Å². The molecule has 0 aliphatic heterocycles. The van der Waals surface area contributed by atoms with Crippen molar-refractivity contribution in [1.82, 2.24) is 14.8 Å². The van der Waals surface area contributed by atoms with Gasteiger partial charge in [0.05, 0.1) is 17.3 Å². The number of nitrogens with one attached hydrogen (secondary N) is 1.